The molecule has 0 bridgehead atoms. The Balaban J connectivity index is 2.81. The molecule has 5 nitrogen and oxygen atoms in total. The SMILES string of the molecule is CC(=O)On1nc(C)c(Br)n1. The number of aryl methyl sites for hydroxylation is 1. The number of carbonyl (C=O) groups excluding carboxylic acids is 1. The molecule has 1 aromatic rings. The van der Waals surface area contributed by atoms with Gasteiger partial charge >= 0.3 is 5.97 Å². The molecular weight excluding hydrogens is 214 g/mol. The van der Waals surface area contributed by atoms with E-state index >= 15 is 0 Å². The predicted molar refractivity (Wildman–Crippen MR) is 39.7 cm³/mol. The van der Waals surface area contributed by atoms with Crippen LogP contribution in [0.1, 0.15) is 12.6 Å². The monoisotopic (exact) mass is 219 g/mol. The van der Waals surface area contributed by atoms with Crippen molar-refractivity contribution < 1.29 is 9.63 Å². The van der Waals surface area contributed by atoms with Gasteiger partial charge in [0.25, 0.3) is 0 Å². The van der Waals surface area contributed by atoms with Crippen molar-refractivity contribution in [1.29, 1.82) is 0 Å². The minimum Gasteiger partial charge on any atom is -0.302 e. The van der Waals surface area contributed by atoms with Crippen LogP contribution >= 0.6 is 15.9 Å². The summed E-state index contributed by atoms with van der Waals surface area (Å²) < 4.78 is 0.568. The van der Waals surface area contributed by atoms with E-state index in [4.69, 9.17) is 0 Å². The third-order valence-electron chi connectivity index (χ3n) is 0.918. The Morgan fingerprint density at radius 3 is 2.64 bits per heavy atom. The summed E-state index contributed by atoms with van der Waals surface area (Å²) >= 11 is 3.12. The Morgan fingerprint density at radius 1 is 1.64 bits per heavy atom. The summed E-state index contributed by atoms with van der Waals surface area (Å²) in [6.07, 6.45) is 0. The molecule has 1 rings (SSSR count). The summed E-state index contributed by atoms with van der Waals surface area (Å²) in [5, 5.41) is 7.50. The first-order valence-corrected chi connectivity index (χ1v) is 3.67. The quantitative estimate of drug-likeness (QED) is 0.683. The molecule has 0 atom stereocenters. The molecule has 6 heteroatoms. The van der Waals surface area contributed by atoms with Gasteiger partial charge in [-0.2, -0.15) is 0 Å². The van der Waals surface area contributed by atoms with Crippen molar-refractivity contribution in [1.82, 2.24) is 15.2 Å². The van der Waals surface area contributed by atoms with Gasteiger partial charge in [0.15, 0.2) is 4.60 Å². The molecule has 0 aliphatic carbocycles. The van der Waals surface area contributed by atoms with E-state index in [2.05, 4.69) is 31.0 Å². The zero-order chi connectivity index (χ0) is 8.43. The van der Waals surface area contributed by atoms with Crippen LogP contribution in [0.25, 0.3) is 0 Å². The molecule has 0 spiro atoms. The van der Waals surface area contributed by atoms with Crippen LogP contribution in [0.2, 0.25) is 0 Å². The van der Waals surface area contributed by atoms with E-state index in [-0.39, 0.29) is 0 Å². The fourth-order valence-corrected chi connectivity index (χ4v) is 0.710. The highest BCUT2D eigenvalue weighted by molar-refractivity contribution is 9.10. The molecule has 0 fully saturated rings. The lowest BCUT2D eigenvalue weighted by Gasteiger charge is -1.93. The molecule has 60 valence electrons. The van der Waals surface area contributed by atoms with Gasteiger partial charge in [-0.15, -0.1) is 10.2 Å². The standard InChI is InChI=1S/C5H6BrN3O2/c1-3-5(6)8-9(7-3)11-4(2)10/h1-2H3. The summed E-state index contributed by atoms with van der Waals surface area (Å²) in [5.41, 5.74) is 0.672. The molecule has 0 saturated carbocycles. The van der Waals surface area contributed by atoms with Crippen LogP contribution in [0.4, 0.5) is 0 Å². The summed E-state index contributed by atoms with van der Waals surface area (Å²) in [6, 6.07) is 0. The molecule has 1 aromatic heterocycles. The topological polar surface area (TPSA) is 57.0 Å². The lowest BCUT2D eigenvalue weighted by molar-refractivity contribution is -0.145. The van der Waals surface area contributed by atoms with Gasteiger partial charge in [0.2, 0.25) is 0 Å². The fraction of sp³-hybridized carbons (Fsp3) is 0.400. The van der Waals surface area contributed by atoms with Crippen LogP contribution in [-0.2, 0) is 4.79 Å². The van der Waals surface area contributed by atoms with Gasteiger partial charge in [0, 0.05) is 11.9 Å². The van der Waals surface area contributed by atoms with Gasteiger partial charge in [0.05, 0.1) is 5.69 Å². The molecular formula is C5H6BrN3O2. The van der Waals surface area contributed by atoms with Crippen LogP contribution in [-0.4, -0.2) is 21.1 Å². The van der Waals surface area contributed by atoms with Crippen molar-refractivity contribution >= 4 is 21.9 Å². The second-order valence-electron chi connectivity index (χ2n) is 1.91. The van der Waals surface area contributed by atoms with Crippen molar-refractivity contribution in [3.05, 3.63) is 10.3 Å². The van der Waals surface area contributed by atoms with Crippen molar-refractivity contribution in [2.24, 2.45) is 0 Å². The number of rotatable bonds is 1. The van der Waals surface area contributed by atoms with Crippen LogP contribution in [0.15, 0.2) is 4.60 Å². The minimum absolute atomic E-state index is 0.451. The molecule has 0 amide bonds. The first kappa shape index (κ1) is 8.19. The average Bonchev–Trinajstić information content (AvgIpc) is 2.10. The second kappa shape index (κ2) is 3.00. The fourth-order valence-electron chi connectivity index (χ4n) is 0.495. The first-order valence-electron chi connectivity index (χ1n) is 2.88. The van der Waals surface area contributed by atoms with E-state index in [1.165, 1.54) is 6.92 Å². The average molecular weight is 220 g/mol. The van der Waals surface area contributed by atoms with Crippen LogP contribution in [0, 0.1) is 6.92 Å². The van der Waals surface area contributed by atoms with Gasteiger partial charge in [-0.05, 0) is 22.9 Å². The molecule has 0 N–H and O–H groups in total. The zero-order valence-electron chi connectivity index (χ0n) is 6.04. The number of hydrogen-bond acceptors (Lipinski definition) is 4. The summed E-state index contributed by atoms with van der Waals surface area (Å²) in [4.78, 5) is 15.8. The summed E-state index contributed by atoms with van der Waals surface area (Å²) in [6.45, 7) is 3.03. The van der Waals surface area contributed by atoms with Gasteiger partial charge in [0.1, 0.15) is 0 Å². The molecule has 0 aliphatic heterocycles. The smallest absolute Gasteiger partial charge is 0.302 e. The normalized spacial score (nSPS) is 9.73. The molecule has 0 aliphatic rings. The third kappa shape index (κ3) is 2.01. The number of carbonyl (C=O) groups is 1. The van der Waals surface area contributed by atoms with Crippen LogP contribution < -0.4 is 4.84 Å². The lowest BCUT2D eigenvalue weighted by atomic mass is 10.6. The highest BCUT2D eigenvalue weighted by Crippen LogP contribution is 2.07. The van der Waals surface area contributed by atoms with E-state index in [0.29, 0.717) is 10.3 Å². The van der Waals surface area contributed by atoms with Crippen molar-refractivity contribution in [3.63, 3.8) is 0 Å². The Morgan fingerprint density at radius 2 is 2.27 bits per heavy atom. The van der Waals surface area contributed by atoms with Crippen molar-refractivity contribution in [2.45, 2.75) is 13.8 Å². The van der Waals surface area contributed by atoms with Crippen molar-refractivity contribution in [2.75, 3.05) is 0 Å². The number of hydrogen-bond donors (Lipinski definition) is 0. The van der Waals surface area contributed by atoms with E-state index in [9.17, 15) is 4.79 Å². The maximum Gasteiger partial charge on any atom is 0.333 e. The molecule has 1 heterocycles. The molecule has 11 heavy (non-hydrogen) atoms. The number of halogens is 1. The lowest BCUT2D eigenvalue weighted by Crippen LogP contribution is -2.19. The van der Waals surface area contributed by atoms with Crippen LogP contribution in [0.3, 0.4) is 0 Å². The number of nitrogens with zero attached hydrogens (tertiary/aromatic N) is 3. The molecule has 0 saturated heterocycles. The second-order valence-corrected chi connectivity index (χ2v) is 2.66. The van der Waals surface area contributed by atoms with Gasteiger partial charge in [-0.1, -0.05) is 0 Å². The van der Waals surface area contributed by atoms with E-state index in [0.717, 1.165) is 4.96 Å². The largest absolute Gasteiger partial charge is 0.333 e. The van der Waals surface area contributed by atoms with Gasteiger partial charge in [-0.25, -0.2) is 4.79 Å². The zero-order valence-corrected chi connectivity index (χ0v) is 7.62. The molecule has 0 aromatic carbocycles. The third-order valence-corrected chi connectivity index (χ3v) is 1.65. The van der Waals surface area contributed by atoms with Crippen molar-refractivity contribution in [3.8, 4) is 0 Å². The maximum atomic E-state index is 10.4. The Hall–Kier alpha value is -0.910. The Kier molecular flexibility index (Phi) is 2.23. The molecule has 0 unspecified atom stereocenters. The Bertz CT molecular complexity index is 264. The summed E-state index contributed by atoms with van der Waals surface area (Å²) in [7, 11) is 0. The Labute approximate surface area is 71.4 Å². The van der Waals surface area contributed by atoms with Gasteiger partial charge in [-0.3, -0.25) is 0 Å². The molecule has 0 radical (unpaired) electrons. The highest BCUT2D eigenvalue weighted by atomic mass is 79.9. The van der Waals surface area contributed by atoms with Gasteiger partial charge < -0.3 is 4.84 Å². The highest BCUT2D eigenvalue weighted by Gasteiger charge is 2.04. The van der Waals surface area contributed by atoms with E-state index in [1.54, 1.807) is 6.92 Å². The van der Waals surface area contributed by atoms with E-state index < -0.39 is 5.97 Å². The minimum atomic E-state index is -0.451. The predicted octanol–water partition coefficient (Wildman–Crippen LogP) is 0.324. The number of aromatic nitrogens is 3. The first-order chi connectivity index (χ1) is 5.09. The van der Waals surface area contributed by atoms with Crippen LogP contribution in [0.5, 0.6) is 0 Å². The summed E-state index contributed by atoms with van der Waals surface area (Å²) in [5.74, 6) is -0.451. The maximum absolute atomic E-state index is 10.4. The van der Waals surface area contributed by atoms with E-state index in [1.807, 2.05) is 0 Å².